The smallest absolute Gasteiger partial charge is 0.231 e. The Balaban J connectivity index is 1.71. The molecule has 152 valence electrons. The largest absolute Gasteiger partial charge is 0.464 e. The molecule has 0 fully saturated rings. The zero-order valence-corrected chi connectivity index (χ0v) is 17.3. The lowest BCUT2D eigenvalue weighted by Gasteiger charge is -2.10. The van der Waals surface area contributed by atoms with Gasteiger partial charge in [-0.2, -0.15) is 15.1 Å². The van der Waals surface area contributed by atoms with Crippen molar-refractivity contribution >= 4 is 39.5 Å². The van der Waals surface area contributed by atoms with Gasteiger partial charge in [0, 0.05) is 42.0 Å². The summed E-state index contributed by atoms with van der Waals surface area (Å²) in [7, 11) is 1.88. The van der Waals surface area contributed by atoms with E-state index in [9.17, 15) is 0 Å². The van der Waals surface area contributed by atoms with Crippen molar-refractivity contribution in [3.63, 3.8) is 0 Å². The van der Waals surface area contributed by atoms with Crippen molar-refractivity contribution in [1.29, 1.82) is 0 Å². The van der Waals surface area contributed by atoms with Crippen molar-refractivity contribution in [2.24, 2.45) is 7.05 Å². The van der Waals surface area contributed by atoms with Crippen molar-refractivity contribution in [3.05, 3.63) is 48.6 Å². The Morgan fingerprint density at radius 3 is 2.63 bits per heavy atom. The molecular formula is C22H23N7O. The fourth-order valence-electron chi connectivity index (χ4n) is 3.86. The Kier molecular flexibility index (Phi) is 4.02. The molecule has 0 aliphatic heterocycles. The van der Waals surface area contributed by atoms with Gasteiger partial charge in [0.2, 0.25) is 5.95 Å². The van der Waals surface area contributed by atoms with E-state index in [2.05, 4.69) is 40.0 Å². The molecule has 30 heavy (non-hydrogen) atoms. The van der Waals surface area contributed by atoms with Crippen molar-refractivity contribution in [3.8, 4) is 11.1 Å². The van der Waals surface area contributed by atoms with Gasteiger partial charge in [0.05, 0.1) is 23.0 Å². The maximum absolute atomic E-state index is 6.46. The molecule has 0 aliphatic rings. The molecule has 5 aromatic rings. The molecule has 5 rings (SSSR count). The number of fused-ring (bicyclic) bond motifs is 2. The summed E-state index contributed by atoms with van der Waals surface area (Å²) in [5.41, 5.74) is 11.7. The van der Waals surface area contributed by atoms with Crippen LogP contribution in [0.1, 0.15) is 25.6 Å². The van der Waals surface area contributed by atoms with Gasteiger partial charge in [0.15, 0.2) is 0 Å². The number of nitrogens with one attached hydrogen (secondary N) is 1. The number of furan rings is 1. The third-order valence-electron chi connectivity index (χ3n) is 5.29. The summed E-state index contributed by atoms with van der Waals surface area (Å²) < 4.78 is 9.63. The number of hydrogen-bond acceptors (Lipinski definition) is 6. The van der Waals surface area contributed by atoms with Crippen LogP contribution in [0.25, 0.3) is 33.1 Å². The van der Waals surface area contributed by atoms with Crippen molar-refractivity contribution in [1.82, 2.24) is 24.3 Å². The highest BCUT2D eigenvalue weighted by Gasteiger charge is 2.21. The SMILES string of the molecule is Cc1nn(C)cc1Nc1nc(N)c2c(-c3coc4ccccc34)cn(C(C)C)c2n1. The number of benzene rings is 1. The molecule has 8 heteroatoms. The molecule has 0 unspecified atom stereocenters. The monoisotopic (exact) mass is 401 g/mol. The van der Waals surface area contributed by atoms with Gasteiger partial charge in [0.25, 0.3) is 0 Å². The molecule has 1 aromatic carbocycles. The summed E-state index contributed by atoms with van der Waals surface area (Å²) in [6.07, 6.45) is 5.75. The molecule has 0 bridgehead atoms. The minimum atomic E-state index is 0.196. The van der Waals surface area contributed by atoms with Gasteiger partial charge >= 0.3 is 0 Å². The third kappa shape index (κ3) is 2.80. The summed E-state index contributed by atoms with van der Waals surface area (Å²) in [5.74, 6) is 0.864. The number of hydrogen-bond donors (Lipinski definition) is 2. The van der Waals surface area contributed by atoms with Crippen LogP contribution >= 0.6 is 0 Å². The first-order valence-electron chi connectivity index (χ1n) is 9.84. The highest BCUT2D eigenvalue weighted by atomic mass is 16.3. The lowest BCUT2D eigenvalue weighted by atomic mass is 10.1. The number of nitrogen functional groups attached to an aromatic ring is 1. The maximum atomic E-state index is 6.46. The van der Waals surface area contributed by atoms with Crippen LogP contribution in [0.5, 0.6) is 0 Å². The van der Waals surface area contributed by atoms with Gasteiger partial charge < -0.3 is 20.0 Å². The van der Waals surface area contributed by atoms with Crippen LogP contribution in [0.3, 0.4) is 0 Å². The average molecular weight is 401 g/mol. The molecule has 0 radical (unpaired) electrons. The van der Waals surface area contributed by atoms with E-state index < -0.39 is 0 Å². The standard InChI is InChI=1S/C22H23N7O/c1-12(2)29-9-15(16-11-30-18-8-6-5-7-14(16)18)19-20(23)25-22(26-21(19)29)24-17-10-28(4)27-13(17)3/h5-12H,1-4H3,(H3,23,24,25,26). The second-order valence-electron chi connectivity index (χ2n) is 7.75. The highest BCUT2D eigenvalue weighted by molar-refractivity contribution is 6.07. The first kappa shape index (κ1) is 18.2. The number of aromatic nitrogens is 5. The Bertz CT molecular complexity index is 1390. The van der Waals surface area contributed by atoms with E-state index in [4.69, 9.17) is 15.1 Å². The fourth-order valence-corrected chi connectivity index (χ4v) is 3.86. The van der Waals surface area contributed by atoms with Gasteiger partial charge in [0.1, 0.15) is 17.0 Å². The molecule has 4 heterocycles. The van der Waals surface area contributed by atoms with E-state index in [-0.39, 0.29) is 6.04 Å². The summed E-state index contributed by atoms with van der Waals surface area (Å²) in [4.78, 5) is 9.35. The average Bonchev–Trinajstić information content (AvgIpc) is 3.37. The number of para-hydroxylation sites is 1. The van der Waals surface area contributed by atoms with Crippen LogP contribution in [-0.4, -0.2) is 24.3 Å². The summed E-state index contributed by atoms with van der Waals surface area (Å²) in [6.45, 7) is 6.17. The quantitative estimate of drug-likeness (QED) is 0.449. The van der Waals surface area contributed by atoms with Crippen LogP contribution in [-0.2, 0) is 7.05 Å². The van der Waals surface area contributed by atoms with Crippen LogP contribution in [0.15, 0.2) is 47.3 Å². The zero-order valence-electron chi connectivity index (χ0n) is 17.3. The lowest BCUT2D eigenvalue weighted by molar-refractivity contribution is 0.614. The van der Waals surface area contributed by atoms with E-state index >= 15 is 0 Å². The second-order valence-corrected chi connectivity index (χ2v) is 7.75. The normalized spacial score (nSPS) is 11.8. The van der Waals surface area contributed by atoms with Crippen LogP contribution in [0.4, 0.5) is 17.5 Å². The summed E-state index contributed by atoms with van der Waals surface area (Å²) in [6, 6.07) is 8.16. The zero-order chi connectivity index (χ0) is 21.0. The first-order chi connectivity index (χ1) is 14.4. The van der Waals surface area contributed by atoms with E-state index in [1.165, 1.54) is 0 Å². The van der Waals surface area contributed by atoms with E-state index in [1.807, 2.05) is 44.4 Å². The molecule has 8 nitrogen and oxygen atoms in total. The molecule has 0 aliphatic carbocycles. The van der Waals surface area contributed by atoms with Crippen LogP contribution < -0.4 is 11.1 Å². The van der Waals surface area contributed by atoms with E-state index in [1.54, 1.807) is 10.9 Å². The topological polar surface area (TPSA) is 99.7 Å². The second kappa shape index (κ2) is 6.62. The molecule has 0 amide bonds. The Morgan fingerprint density at radius 2 is 1.90 bits per heavy atom. The molecule has 0 atom stereocenters. The Morgan fingerprint density at radius 1 is 1.10 bits per heavy atom. The highest BCUT2D eigenvalue weighted by Crippen LogP contribution is 2.39. The van der Waals surface area contributed by atoms with E-state index in [0.717, 1.165) is 44.5 Å². The molecular weight excluding hydrogens is 378 g/mol. The predicted octanol–water partition coefficient (Wildman–Crippen LogP) is 4.79. The number of anilines is 3. The van der Waals surface area contributed by atoms with Crippen molar-refractivity contribution in [2.45, 2.75) is 26.8 Å². The number of aryl methyl sites for hydroxylation is 2. The van der Waals surface area contributed by atoms with Gasteiger partial charge in [-0.3, -0.25) is 4.68 Å². The van der Waals surface area contributed by atoms with Gasteiger partial charge in [-0.15, -0.1) is 0 Å². The van der Waals surface area contributed by atoms with Gasteiger partial charge in [-0.05, 0) is 26.8 Å². The van der Waals surface area contributed by atoms with Crippen molar-refractivity contribution < 1.29 is 4.42 Å². The van der Waals surface area contributed by atoms with Crippen LogP contribution in [0.2, 0.25) is 0 Å². The first-order valence-corrected chi connectivity index (χ1v) is 9.84. The summed E-state index contributed by atoms with van der Waals surface area (Å²) >= 11 is 0. The van der Waals surface area contributed by atoms with Gasteiger partial charge in [-0.25, -0.2) is 0 Å². The van der Waals surface area contributed by atoms with Crippen LogP contribution in [0, 0.1) is 6.92 Å². The number of rotatable bonds is 4. The summed E-state index contributed by atoms with van der Waals surface area (Å²) in [5, 5.41) is 9.46. The molecule has 3 N–H and O–H groups in total. The fraction of sp³-hybridized carbons (Fsp3) is 0.227. The van der Waals surface area contributed by atoms with Gasteiger partial charge in [-0.1, -0.05) is 18.2 Å². The van der Waals surface area contributed by atoms with E-state index in [0.29, 0.717) is 11.8 Å². The maximum Gasteiger partial charge on any atom is 0.231 e. The molecule has 4 aromatic heterocycles. The number of nitrogens with zero attached hydrogens (tertiary/aromatic N) is 5. The minimum absolute atomic E-state index is 0.196. The van der Waals surface area contributed by atoms with Crippen molar-refractivity contribution in [2.75, 3.05) is 11.1 Å². The molecule has 0 saturated heterocycles. The Hall–Kier alpha value is -3.81. The lowest BCUT2D eigenvalue weighted by Crippen LogP contribution is -2.05. The minimum Gasteiger partial charge on any atom is -0.464 e. The predicted molar refractivity (Wildman–Crippen MR) is 119 cm³/mol. The number of nitrogens with two attached hydrogens (primary N) is 1. The molecule has 0 saturated carbocycles. The Labute approximate surface area is 173 Å². The molecule has 0 spiro atoms. The third-order valence-corrected chi connectivity index (χ3v) is 5.29.